The summed E-state index contributed by atoms with van der Waals surface area (Å²) < 4.78 is 0. The molecule has 4 rings (SSSR count). The van der Waals surface area contributed by atoms with E-state index in [4.69, 9.17) is 5.73 Å². The maximum absolute atomic E-state index is 12.8. The molecule has 0 aromatic heterocycles. The van der Waals surface area contributed by atoms with E-state index >= 15 is 0 Å². The fraction of sp³-hybridized carbons (Fsp3) is 0.667. The van der Waals surface area contributed by atoms with Crippen LogP contribution in [0.5, 0.6) is 0 Å². The first-order chi connectivity index (χ1) is 14.5. The number of fused-ring (bicyclic) bond motifs is 1. The molecule has 0 saturated carbocycles. The zero-order valence-electron chi connectivity index (χ0n) is 18.3. The molecule has 1 aliphatic carbocycles. The first-order valence-electron chi connectivity index (χ1n) is 11.6. The van der Waals surface area contributed by atoms with Crippen molar-refractivity contribution < 1.29 is 9.59 Å². The molecule has 3 aliphatic rings. The number of rotatable bonds is 6. The molecule has 1 aromatic carbocycles. The van der Waals surface area contributed by atoms with Crippen LogP contribution in [0.15, 0.2) is 24.3 Å². The van der Waals surface area contributed by atoms with Crippen molar-refractivity contribution in [2.45, 2.75) is 57.0 Å². The van der Waals surface area contributed by atoms with Gasteiger partial charge in [0.05, 0.1) is 5.92 Å². The van der Waals surface area contributed by atoms with Crippen molar-refractivity contribution >= 4 is 11.8 Å². The van der Waals surface area contributed by atoms with Gasteiger partial charge in [-0.25, -0.2) is 0 Å². The standard InChI is InChI=1S/C24H36N4O2/c1-26(12-10-23(25)29)24(30)20-7-4-11-28(17-20)21-8-13-27(14-9-21)22-15-18-5-2-3-6-19(18)16-22/h2-3,5-6,20-22H,4,7-17H2,1H3,(H2,25,29)/t20-/m1/s1. The van der Waals surface area contributed by atoms with Crippen LogP contribution < -0.4 is 5.73 Å². The molecule has 2 fully saturated rings. The lowest BCUT2D eigenvalue weighted by Gasteiger charge is -2.43. The van der Waals surface area contributed by atoms with Gasteiger partial charge in [0.25, 0.3) is 0 Å². The summed E-state index contributed by atoms with van der Waals surface area (Å²) in [7, 11) is 1.79. The van der Waals surface area contributed by atoms with Crippen LogP contribution in [0.1, 0.15) is 43.2 Å². The molecule has 2 heterocycles. The number of amides is 2. The number of nitrogens with two attached hydrogens (primary N) is 1. The Labute approximate surface area is 180 Å². The average Bonchev–Trinajstić information content (AvgIpc) is 3.21. The zero-order valence-corrected chi connectivity index (χ0v) is 18.3. The Morgan fingerprint density at radius 2 is 1.67 bits per heavy atom. The SMILES string of the molecule is CN(CCC(N)=O)C(=O)[C@@H]1CCCN(C2CCN(C3Cc4ccccc4C3)CC2)C1. The molecule has 0 radical (unpaired) electrons. The second-order valence-electron chi connectivity index (χ2n) is 9.41. The number of benzene rings is 1. The number of nitrogens with zero attached hydrogens (tertiary/aromatic N) is 3. The van der Waals surface area contributed by atoms with Crippen LogP contribution in [-0.2, 0) is 22.4 Å². The summed E-state index contributed by atoms with van der Waals surface area (Å²) in [5.41, 5.74) is 8.29. The third-order valence-corrected chi connectivity index (χ3v) is 7.43. The van der Waals surface area contributed by atoms with Gasteiger partial charge >= 0.3 is 0 Å². The van der Waals surface area contributed by atoms with Crippen LogP contribution >= 0.6 is 0 Å². The molecular formula is C24H36N4O2. The molecule has 30 heavy (non-hydrogen) atoms. The average molecular weight is 413 g/mol. The minimum absolute atomic E-state index is 0.0546. The van der Waals surface area contributed by atoms with Crippen molar-refractivity contribution in [2.75, 3.05) is 39.8 Å². The molecule has 164 valence electrons. The Kier molecular flexibility index (Phi) is 6.74. The maximum Gasteiger partial charge on any atom is 0.226 e. The summed E-state index contributed by atoms with van der Waals surface area (Å²) in [6, 6.07) is 10.1. The van der Waals surface area contributed by atoms with Crippen LogP contribution in [-0.4, -0.2) is 78.4 Å². The largest absolute Gasteiger partial charge is 0.370 e. The molecule has 0 unspecified atom stereocenters. The van der Waals surface area contributed by atoms with E-state index in [2.05, 4.69) is 34.1 Å². The molecule has 2 saturated heterocycles. The fourth-order valence-electron chi connectivity index (χ4n) is 5.65. The van der Waals surface area contributed by atoms with E-state index in [1.807, 2.05) is 0 Å². The van der Waals surface area contributed by atoms with Crippen molar-refractivity contribution in [2.24, 2.45) is 11.7 Å². The highest BCUT2D eigenvalue weighted by molar-refractivity contribution is 5.80. The predicted octanol–water partition coefficient (Wildman–Crippen LogP) is 1.66. The van der Waals surface area contributed by atoms with Crippen LogP contribution in [0.3, 0.4) is 0 Å². The van der Waals surface area contributed by atoms with E-state index in [0.29, 0.717) is 18.6 Å². The van der Waals surface area contributed by atoms with Gasteiger partial charge in [-0.15, -0.1) is 0 Å². The molecule has 0 bridgehead atoms. The second-order valence-corrected chi connectivity index (χ2v) is 9.41. The molecule has 2 aliphatic heterocycles. The van der Waals surface area contributed by atoms with Crippen molar-refractivity contribution in [3.63, 3.8) is 0 Å². The minimum Gasteiger partial charge on any atom is -0.370 e. The van der Waals surface area contributed by atoms with Crippen molar-refractivity contribution in [3.8, 4) is 0 Å². The van der Waals surface area contributed by atoms with Gasteiger partial charge in [-0.05, 0) is 69.3 Å². The van der Waals surface area contributed by atoms with Gasteiger partial charge in [-0.3, -0.25) is 19.4 Å². The number of hydrogen-bond donors (Lipinski definition) is 1. The number of hydrogen-bond acceptors (Lipinski definition) is 4. The van der Waals surface area contributed by atoms with Gasteiger partial charge < -0.3 is 10.6 Å². The smallest absolute Gasteiger partial charge is 0.226 e. The maximum atomic E-state index is 12.8. The van der Waals surface area contributed by atoms with Gasteiger partial charge in [-0.1, -0.05) is 24.3 Å². The Hall–Kier alpha value is -1.92. The third-order valence-electron chi connectivity index (χ3n) is 7.43. The highest BCUT2D eigenvalue weighted by atomic mass is 16.2. The topological polar surface area (TPSA) is 69.9 Å². The lowest BCUT2D eigenvalue weighted by molar-refractivity contribution is -0.136. The monoisotopic (exact) mass is 412 g/mol. The van der Waals surface area contributed by atoms with Crippen molar-refractivity contribution in [1.29, 1.82) is 0 Å². The summed E-state index contributed by atoms with van der Waals surface area (Å²) in [5, 5.41) is 0. The summed E-state index contributed by atoms with van der Waals surface area (Å²) in [4.78, 5) is 30.8. The van der Waals surface area contributed by atoms with Gasteiger partial charge in [0.15, 0.2) is 0 Å². The van der Waals surface area contributed by atoms with E-state index in [-0.39, 0.29) is 24.2 Å². The van der Waals surface area contributed by atoms with Crippen molar-refractivity contribution in [1.82, 2.24) is 14.7 Å². The highest BCUT2D eigenvalue weighted by Crippen LogP contribution is 2.30. The van der Waals surface area contributed by atoms with Crippen molar-refractivity contribution in [3.05, 3.63) is 35.4 Å². The Bertz CT molecular complexity index is 734. The Balaban J connectivity index is 1.25. The minimum atomic E-state index is -0.350. The first-order valence-corrected chi connectivity index (χ1v) is 11.6. The van der Waals surface area contributed by atoms with Gasteiger partial charge in [0, 0.05) is 38.6 Å². The predicted molar refractivity (Wildman–Crippen MR) is 118 cm³/mol. The summed E-state index contributed by atoms with van der Waals surface area (Å²) in [6.07, 6.45) is 7.06. The molecule has 6 nitrogen and oxygen atoms in total. The molecule has 1 atom stereocenters. The number of primary amides is 1. The summed E-state index contributed by atoms with van der Waals surface area (Å²) in [6.45, 7) is 4.72. The van der Waals surface area contributed by atoms with E-state index in [1.54, 1.807) is 11.9 Å². The lowest BCUT2D eigenvalue weighted by atomic mass is 9.92. The number of carbonyl (C=O) groups excluding carboxylic acids is 2. The summed E-state index contributed by atoms with van der Waals surface area (Å²) in [5.74, 6) is -0.127. The molecule has 0 spiro atoms. The van der Waals surface area contributed by atoms with E-state index < -0.39 is 0 Å². The van der Waals surface area contributed by atoms with Crippen LogP contribution in [0, 0.1) is 5.92 Å². The van der Waals surface area contributed by atoms with E-state index in [1.165, 1.54) is 36.8 Å². The van der Waals surface area contributed by atoms with Gasteiger partial charge in [0.1, 0.15) is 0 Å². The van der Waals surface area contributed by atoms with Crippen LogP contribution in [0.2, 0.25) is 0 Å². The fourth-order valence-corrected chi connectivity index (χ4v) is 5.65. The van der Waals surface area contributed by atoms with Crippen LogP contribution in [0.4, 0.5) is 0 Å². The molecule has 6 heteroatoms. The third kappa shape index (κ3) is 4.86. The van der Waals surface area contributed by atoms with Crippen LogP contribution in [0.25, 0.3) is 0 Å². The molecular weight excluding hydrogens is 376 g/mol. The molecule has 1 aromatic rings. The second kappa shape index (κ2) is 9.48. The Morgan fingerprint density at radius 1 is 1.00 bits per heavy atom. The number of likely N-dealkylation sites (tertiary alicyclic amines) is 2. The Morgan fingerprint density at radius 3 is 2.30 bits per heavy atom. The lowest BCUT2D eigenvalue weighted by Crippen LogP contribution is -2.52. The molecule has 2 N–H and O–H groups in total. The van der Waals surface area contributed by atoms with Gasteiger partial charge in [0.2, 0.25) is 11.8 Å². The molecule has 2 amide bonds. The summed E-state index contributed by atoms with van der Waals surface area (Å²) >= 11 is 0. The van der Waals surface area contributed by atoms with E-state index in [9.17, 15) is 9.59 Å². The number of carbonyl (C=O) groups is 2. The normalized spacial score (nSPS) is 24.0. The quantitative estimate of drug-likeness (QED) is 0.772. The van der Waals surface area contributed by atoms with E-state index in [0.717, 1.165) is 39.0 Å². The highest BCUT2D eigenvalue weighted by Gasteiger charge is 2.35. The van der Waals surface area contributed by atoms with Gasteiger partial charge in [-0.2, -0.15) is 0 Å². The zero-order chi connectivity index (χ0) is 21.1. The first kappa shape index (κ1) is 21.3. The number of piperidine rings is 2.